The third-order valence-corrected chi connectivity index (χ3v) is 5.53. The van der Waals surface area contributed by atoms with Crippen molar-refractivity contribution >= 4 is 6.03 Å². The summed E-state index contributed by atoms with van der Waals surface area (Å²) in [5.41, 5.74) is 5.75. The van der Waals surface area contributed by atoms with E-state index < -0.39 is 0 Å². The number of aromatic nitrogens is 2. The van der Waals surface area contributed by atoms with Gasteiger partial charge in [-0.2, -0.15) is 5.10 Å². The van der Waals surface area contributed by atoms with Crippen molar-refractivity contribution in [1.29, 1.82) is 0 Å². The number of methoxy groups -OCH3 is 1. The van der Waals surface area contributed by atoms with Gasteiger partial charge < -0.3 is 15.0 Å². The molecule has 1 N–H and O–H groups in total. The lowest BCUT2D eigenvalue weighted by Gasteiger charge is -2.30. The van der Waals surface area contributed by atoms with Gasteiger partial charge in [0.05, 0.1) is 24.9 Å². The molecule has 1 aliphatic carbocycles. The first-order valence-electron chi connectivity index (χ1n) is 9.62. The van der Waals surface area contributed by atoms with Gasteiger partial charge in [-0.1, -0.05) is 24.3 Å². The molecule has 1 heterocycles. The Morgan fingerprint density at radius 1 is 1.37 bits per heavy atom. The zero-order valence-corrected chi connectivity index (χ0v) is 16.8. The molecule has 0 spiro atoms. The standard InChI is InChI=1S/C21H30N4O2/c1-15-19(16(2)24(3)23-15)14-25(12-13-27-4)21(26)22-20-11-7-9-17-8-5-6-10-18(17)20/h5-6,8,10,20H,7,9,11-14H2,1-4H3,(H,22,26)/t20-/m1/s1. The Hall–Kier alpha value is -2.34. The summed E-state index contributed by atoms with van der Waals surface area (Å²) in [5.74, 6) is 0. The van der Waals surface area contributed by atoms with Crippen LogP contribution >= 0.6 is 0 Å². The molecule has 0 bridgehead atoms. The number of benzene rings is 1. The van der Waals surface area contributed by atoms with Crippen molar-refractivity contribution in [3.63, 3.8) is 0 Å². The number of fused-ring (bicyclic) bond motifs is 1. The highest BCUT2D eigenvalue weighted by molar-refractivity contribution is 5.75. The molecule has 1 aromatic heterocycles. The van der Waals surface area contributed by atoms with Gasteiger partial charge in [-0.3, -0.25) is 4.68 Å². The van der Waals surface area contributed by atoms with Gasteiger partial charge in [0, 0.05) is 32.0 Å². The zero-order valence-electron chi connectivity index (χ0n) is 16.8. The molecule has 6 nitrogen and oxygen atoms in total. The number of carbonyl (C=O) groups is 1. The smallest absolute Gasteiger partial charge is 0.318 e. The summed E-state index contributed by atoms with van der Waals surface area (Å²) < 4.78 is 7.10. The van der Waals surface area contributed by atoms with Gasteiger partial charge in [0.15, 0.2) is 0 Å². The van der Waals surface area contributed by atoms with E-state index in [1.807, 2.05) is 36.5 Å². The summed E-state index contributed by atoms with van der Waals surface area (Å²) >= 11 is 0. The summed E-state index contributed by atoms with van der Waals surface area (Å²) in [4.78, 5) is 14.9. The second-order valence-corrected chi connectivity index (χ2v) is 7.28. The first-order chi connectivity index (χ1) is 13.0. The van der Waals surface area contributed by atoms with E-state index in [0.29, 0.717) is 19.7 Å². The van der Waals surface area contributed by atoms with E-state index in [0.717, 1.165) is 36.2 Å². The van der Waals surface area contributed by atoms with Crippen molar-refractivity contribution in [3.8, 4) is 0 Å². The first-order valence-corrected chi connectivity index (χ1v) is 9.62. The number of urea groups is 1. The van der Waals surface area contributed by atoms with Crippen LogP contribution in [-0.2, 0) is 24.8 Å². The number of carbonyl (C=O) groups excluding carboxylic acids is 1. The number of aryl methyl sites for hydroxylation is 3. The maximum atomic E-state index is 13.1. The van der Waals surface area contributed by atoms with Crippen LogP contribution in [-0.4, -0.2) is 41.0 Å². The van der Waals surface area contributed by atoms with E-state index in [1.165, 1.54) is 11.1 Å². The van der Waals surface area contributed by atoms with Crippen LogP contribution in [0.2, 0.25) is 0 Å². The number of nitrogens with one attached hydrogen (secondary N) is 1. The van der Waals surface area contributed by atoms with Gasteiger partial charge in [0.1, 0.15) is 0 Å². The Labute approximate surface area is 161 Å². The van der Waals surface area contributed by atoms with Crippen molar-refractivity contribution in [2.75, 3.05) is 20.3 Å². The highest BCUT2D eigenvalue weighted by atomic mass is 16.5. The van der Waals surface area contributed by atoms with Crippen LogP contribution in [0.15, 0.2) is 24.3 Å². The fourth-order valence-corrected chi connectivity index (χ4v) is 3.84. The highest BCUT2D eigenvalue weighted by Crippen LogP contribution is 2.29. The molecule has 3 rings (SSSR count). The molecule has 1 atom stereocenters. The van der Waals surface area contributed by atoms with Crippen LogP contribution in [0.3, 0.4) is 0 Å². The predicted molar refractivity (Wildman–Crippen MR) is 106 cm³/mol. The summed E-state index contributed by atoms with van der Waals surface area (Å²) in [6.07, 6.45) is 3.16. The number of amides is 2. The molecule has 0 saturated heterocycles. The number of hydrogen-bond acceptors (Lipinski definition) is 3. The first kappa shape index (κ1) is 19.4. The van der Waals surface area contributed by atoms with Crippen molar-refractivity contribution in [3.05, 3.63) is 52.3 Å². The normalized spacial score (nSPS) is 16.1. The Bertz CT molecular complexity index is 799. The van der Waals surface area contributed by atoms with E-state index in [1.54, 1.807) is 7.11 Å². The molecule has 0 radical (unpaired) electrons. The Morgan fingerprint density at radius 3 is 2.85 bits per heavy atom. The molecule has 2 aromatic rings. The molecule has 0 unspecified atom stereocenters. The largest absolute Gasteiger partial charge is 0.383 e. The van der Waals surface area contributed by atoms with Crippen LogP contribution in [0, 0.1) is 13.8 Å². The predicted octanol–water partition coefficient (Wildman–Crippen LogP) is 3.27. The van der Waals surface area contributed by atoms with Crippen LogP contribution in [0.25, 0.3) is 0 Å². The van der Waals surface area contributed by atoms with Crippen molar-refractivity contribution in [2.45, 2.75) is 45.7 Å². The number of ether oxygens (including phenoxy) is 1. The van der Waals surface area contributed by atoms with E-state index >= 15 is 0 Å². The molecule has 27 heavy (non-hydrogen) atoms. The molecule has 1 aliphatic rings. The second kappa shape index (κ2) is 8.57. The third kappa shape index (κ3) is 4.33. The summed E-state index contributed by atoms with van der Waals surface area (Å²) in [6, 6.07) is 8.45. The molecule has 0 aliphatic heterocycles. The van der Waals surface area contributed by atoms with Gasteiger partial charge in [-0.25, -0.2) is 4.79 Å². The molecule has 146 valence electrons. The van der Waals surface area contributed by atoms with E-state index in [2.05, 4.69) is 28.6 Å². The zero-order chi connectivity index (χ0) is 19.4. The molecule has 0 fully saturated rings. The Balaban J connectivity index is 1.76. The monoisotopic (exact) mass is 370 g/mol. The van der Waals surface area contributed by atoms with Crippen LogP contribution in [0.1, 0.15) is 47.0 Å². The molecular weight excluding hydrogens is 340 g/mol. The van der Waals surface area contributed by atoms with Crippen LogP contribution in [0.4, 0.5) is 4.79 Å². The SMILES string of the molecule is COCCN(Cc1c(C)nn(C)c1C)C(=O)N[C@@H]1CCCc2ccccc21. The van der Waals surface area contributed by atoms with E-state index in [9.17, 15) is 4.79 Å². The van der Waals surface area contributed by atoms with Crippen molar-refractivity contribution < 1.29 is 9.53 Å². The average molecular weight is 370 g/mol. The molecule has 0 saturated carbocycles. The van der Waals surface area contributed by atoms with Crippen LogP contribution < -0.4 is 5.32 Å². The lowest BCUT2D eigenvalue weighted by atomic mass is 9.88. The fourth-order valence-electron chi connectivity index (χ4n) is 3.84. The number of hydrogen-bond donors (Lipinski definition) is 1. The maximum absolute atomic E-state index is 13.1. The molecule has 6 heteroatoms. The average Bonchev–Trinajstić information content (AvgIpc) is 2.91. The van der Waals surface area contributed by atoms with Crippen molar-refractivity contribution in [2.24, 2.45) is 7.05 Å². The van der Waals surface area contributed by atoms with Gasteiger partial charge in [0.2, 0.25) is 0 Å². The number of nitrogens with zero attached hydrogens (tertiary/aromatic N) is 3. The Kier molecular flexibility index (Phi) is 6.16. The molecule has 2 amide bonds. The quantitative estimate of drug-likeness (QED) is 0.849. The summed E-state index contributed by atoms with van der Waals surface area (Å²) in [7, 11) is 3.60. The van der Waals surface area contributed by atoms with Gasteiger partial charge in [-0.15, -0.1) is 0 Å². The van der Waals surface area contributed by atoms with Gasteiger partial charge in [0.25, 0.3) is 0 Å². The van der Waals surface area contributed by atoms with Crippen LogP contribution in [0.5, 0.6) is 0 Å². The minimum Gasteiger partial charge on any atom is -0.383 e. The third-order valence-electron chi connectivity index (χ3n) is 5.53. The minimum atomic E-state index is -0.0450. The maximum Gasteiger partial charge on any atom is 0.318 e. The van der Waals surface area contributed by atoms with Gasteiger partial charge in [-0.05, 0) is 44.2 Å². The minimum absolute atomic E-state index is 0.0450. The molecular formula is C21H30N4O2. The lowest BCUT2D eigenvalue weighted by Crippen LogP contribution is -2.43. The second-order valence-electron chi connectivity index (χ2n) is 7.28. The topological polar surface area (TPSA) is 59.4 Å². The summed E-state index contributed by atoms with van der Waals surface area (Å²) in [5, 5.41) is 7.73. The van der Waals surface area contributed by atoms with Crippen molar-refractivity contribution in [1.82, 2.24) is 20.0 Å². The Morgan fingerprint density at radius 2 is 2.15 bits per heavy atom. The molecule has 1 aromatic carbocycles. The van der Waals surface area contributed by atoms with E-state index in [-0.39, 0.29) is 12.1 Å². The highest BCUT2D eigenvalue weighted by Gasteiger charge is 2.25. The lowest BCUT2D eigenvalue weighted by molar-refractivity contribution is 0.144. The fraction of sp³-hybridized carbons (Fsp3) is 0.524. The summed E-state index contributed by atoms with van der Waals surface area (Å²) in [6.45, 7) is 5.62. The number of rotatable bonds is 6. The van der Waals surface area contributed by atoms with E-state index in [4.69, 9.17) is 4.74 Å². The van der Waals surface area contributed by atoms with Gasteiger partial charge >= 0.3 is 6.03 Å².